The summed E-state index contributed by atoms with van der Waals surface area (Å²) in [7, 11) is 0. The number of nitrogen functional groups attached to an aromatic ring is 1. The maximum Gasteiger partial charge on any atom is 0.240 e. The van der Waals surface area contributed by atoms with Crippen LogP contribution in [0, 0.1) is 0 Å². The number of nitrogens with two attached hydrogens (primary N) is 1. The second kappa shape index (κ2) is 9.34. The van der Waals surface area contributed by atoms with Crippen LogP contribution in [0.4, 0.5) is 5.82 Å². The van der Waals surface area contributed by atoms with Gasteiger partial charge in [-0.1, -0.05) is 30.7 Å². The van der Waals surface area contributed by atoms with Gasteiger partial charge in [-0.15, -0.1) is 11.3 Å². The van der Waals surface area contributed by atoms with Gasteiger partial charge in [0.05, 0.1) is 15.9 Å². The zero-order valence-electron chi connectivity index (χ0n) is 17.7. The first-order valence-electron chi connectivity index (χ1n) is 10.4. The van der Waals surface area contributed by atoms with E-state index in [2.05, 4.69) is 34.8 Å². The van der Waals surface area contributed by atoms with Gasteiger partial charge in [-0.2, -0.15) is 0 Å². The number of benzene rings is 1. The summed E-state index contributed by atoms with van der Waals surface area (Å²) < 4.78 is 0.792. The Labute approximate surface area is 191 Å². The normalized spacial score (nSPS) is 18.2. The molecule has 0 bridgehead atoms. The number of hydrogen-bond donors (Lipinski definition) is 1. The van der Waals surface area contributed by atoms with E-state index in [9.17, 15) is 4.79 Å². The average molecular weight is 456 g/mol. The molecule has 1 aromatic carbocycles. The van der Waals surface area contributed by atoms with Crippen LogP contribution in [0.2, 0.25) is 4.34 Å². The fraction of sp³-hybridized carbons (Fsp3) is 0.348. The quantitative estimate of drug-likeness (QED) is 0.594. The number of anilines is 1. The molecule has 31 heavy (non-hydrogen) atoms. The molecule has 0 unspecified atom stereocenters. The minimum atomic E-state index is -0.108. The highest BCUT2D eigenvalue weighted by molar-refractivity contribution is 7.17. The number of hydrogen-bond acceptors (Lipinski definition) is 6. The van der Waals surface area contributed by atoms with Crippen molar-refractivity contribution < 1.29 is 4.79 Å². The molecule has 4 rings (SSSR count). The summed E-state index contributed by atoms with van der Waals surface area (Å²) in [6.07, 6.45) is 4.45. The van der Waals surface area contributed by atoms with Gasteiger partial charge in [0.15, 0.2) is 0 Å². The number of allylic oxidation sites excluding steroid dienone is 1. The molecule has 162 valence electrons. The number of thiophene rings is 1. The van der Waals surface area contributed by atoms with E-state index in [0.717, 1.165) is 40.3 Å². The standard InChI is InChI=1S/C23H26ClN5OS/c1-3-19-23(30)29(13-16-4-5-17-18(12-16)26-14-27-22(17)25)11-10-28(19)9-8-15(2)20-6-7-21(24)31-20/h4-8,12,14,19H,3,9-11,13H2,1-2H3,(H2,25,26,27)/t19-/m0/s1. The molecule has 8 heteroatoms. The van der Waals surface area contributed by atoms with Gasteiger partial charge in [-0.05, 0) is 48.7 Å². The molecule has 0 radical (unpaired) electrons. The van der Waals surface area contributed by atoms with Gasteiger partial charge >= 0.3 is 0 Å². The lowest BCUT2D eigenvalue weighted by molar-refractivity contribution is -0.142. The molecule has 1 fully saturated rings. The first-order chi connectivity index (χ1) is 15.0. The molecular weight excluding hydrogens is 430 g/mol. The maximum absolute atomic E-state index is 13.2. The number of rotatable bonds is 6. The molecule has 1 amide bonds. The van der Waals surface area contributed by atoms with E-state index in [-0.39, 0.29) is 11.9 Å². The Morgan fingerprint density at radius 2 is 2.13 bits per heavy atom. The third-order valence-electron chi connectivity index (χ3n) is 5.78. The second-order valence-electron chi connectivity index (χ2n) is 7.78. The number of aromatic nitrogens is 2. The smallest absolute Gasteiger partial charge is 0.240 e. The zero-order valence-corrected chi connectivity index (χ0v) is 19.3. The van der Waals surface area contributed by atoms with Crippen LogP contribution in [-0.4, -0.2) is 51.4 Å². The van der Waals surface area contributed by atoms with Crippen LogP contribution in [0.5, 0.6) is 0 Å². The molecule has 2 aromatic heterocycles. The molecule has 3 aromatic rings. The summed E-state index contributed by atoms with van der Waals surface area (Å²) >= 11 is 7.64. The number of nitrogens with zero attached hydrogens (tertiary/aromatic N) is 4. The molecule has 1 aliphatic rings. The first kappa shape index (κ1) is 21.7. The van der Waals surface area contributed by atoms with Crippen LogP contribution in [-0.2, 0) is 11.3 Å². The summed E-state index contributed by atoms with van der Waals surface area (Å²) in [6, 6.07) is 9.78. The first-order valence-corrected chi connectivity index (χ1v) is 11.6. The summed E-state index contributed by atoms with van der Waals surface area (Å²) in [6.45, 7) is 7.05. The van der Waals surface area contributed by atoms with E-state index >= 15 is 0 Å². The van der Waals surface area contributed by atoms with Crippen molar-refractivity contribution in [3.8, 4) is 0 Å². The van der Waals surface area contributed by atoms with E-state index in [1.165, 1.54) is 16.8 Å². The predicted octanol–water partition coefficient (Wildman–Crippen LogP) is 4.45. The van der Waals surface area contributed by atoms with Crippen molar-refractivity contribution in [3.05, 3.63) is 57.5 Å². The summed E-state index contributed by atoms with van der Waals surface area (Å²) in [5, 5.41) is 0.836. The van der Waals surface area contributed by atoms with Crippen molar-refractivity contribution in [1.29, 1.82) is 0 Å². The van der Waals surface area contributed by atoms with E-state index in [4.69, 9.17) is 17.3 Å². The van der Waals surface area contributed by atoms with Crippen LogP contribution in [0.15, 0.2) is 42.7 Å². The Morgan fingerprint density at radius 1 is 1.29 bits per heavy atom. The van der Waals surface area contributed by atoms with Crippen molar-refractivity contribution >= 4 is 51.1 Å². The van der Waals surface area contributed by atoms with Crippen LogP contribution in [0.3, 0.4) is 0 Å². The van der Waals surface area contributed by atoms with Crippen LogP contribution in [0.1, 0.15) is 30.7 Å². The zero-order chi connectivity index (χ0) is 22.0. The second-order valence-corrected chi connectivity index (χ2v) is 9.50. The maximum atomic E-state index is 13.2. The van der Waals surface area contributed by atoms with E-state index in [1.807, 2.05) is 35.2 Å². The highest BCUT2D eigenvalue weighted by Crippen LogP contribution is 2.28. The number of fused-ring (bicyclic) bond motifs is 1. The molecule has 0 aliphatic carbocycles. The third kappa shape index (κ3) is 4.74. The number of halogens is 1. The van der Waals surface area contributed by atoms with E-state index < -0.39 is 0 Å². The summed E-state index contributed by atoms with van der Waals surface area (Å²) in [4.78, 5) is 26.9. The van der Waals surface area contributed by atoms with Gasteiger partial charge in [-0.25, -0.2) is 9.97 Å². The van der Waals surface area contributed by atoms with E-state index in [0.29, 0.717) is 18.9 Å². The Morgan fingerprint density at radius 3 is 2.87 bits per heavy atom. The third-order valence-corrected chi connectivity index (χ3v) is 7.15. The van der Waals surface area contributed by atoms with Crippen LogP contribution in [0.25, 0.3) is 16.5 Å². The van der Waals surface area contributed by atoms with E-state index in [1.54, 1.807) is 11.3 Å². The summed E-state index contributed by atoms with van der Waals surface area (Å²) in [5.74, 6) is 0.654. The number of carbonyl (C=O) groups excluding carboxylic acids is 1. The number of carbonyl (C=O) groups is 1. The Bertz CT molecular complexity index is 1130. The van der Waals surface area contributed by atoms with Crippen molar-refractivity contribution in [2.24, 2.45) is 0 Å². The van der Waals surface area contributed by atoms with Gasteiger partial charge < -0.3 is 10.6 Å². The van der Waals surface area contributed by atoms with Crippen molar-refractivity contribution in [2.75, 3.05) is 25.4 Å². The highest BCUT2D eigenvalue weighted by Gasteiger charge is 2.32. The predicted molar refractivity (Wildman–Crippen MR) is 128 cm³/mol. The molecule has 6 nitrogen and oxygen atoms in total. The Kier molecular flexibility index (Phi) is 6.55. The number of piperazine rings is 1. The fourth-order valence-corrected chi connectivity index (χ4v) is 5.05. The van der Waals surface area contributed by atoms with Crippen molar-refractivity contribution in [3.63, 3.8) is 0 Å². The fourth-order valence-electron chi connectivity index (χ4n) is 4.01. The molecule has 2 N–H and O–H groups in total. The molecule has 1 aliphatic heterocycles. The molecule has 0 saturated carbocycles. The number of amides is 1. The van der Waals surface area contributed by atoms with Crippen LogP contribution >= 0.6 is 22.9 Å². The van der Waals surface area contributed by atoms with Crippen molar-refractivity contribution in [1.82, 2.24) is 19.8 Å². The highest BCUT2D eigenvalue weighted by atomic mass is 35.5. The topological polar surface area (TPSA) is 75.3 Å². The lowest BCUT2D eigenvalue weighted by atomic mass is 10.1. The Balaban J connectivity index is 1.44. The Hall–Kier alpha value is -2.48. The average Bonchev–Trinajstić information content (AvgIpc) is 3.20. The van der Waals surface area contributed by atoms with Gasteiger partial charge in [0.1, 0.15) is 12.1 Å². The SMILES string of the molecule is CC[C@H]1C(=O)N(Cc2ccc3c(N)ncnc3c2)CCN1CC=C(C)c1ccc(Cl)s1. The molecule has 1 saturated heterocycles. The summed E-state index contributed by atoms with van der Waals surface area (Å²) in [5.41, 5.74) is 8.97. The lowest BCUT2D eigenvalue weighted by Crippen LogP contribution is -2.56. The monoisotopic (exact) mass is 455 g/mol. The minimum Gasteiger partial charge on any atom is -0.383 e. The minimum absolute atomic E-state index is 0.108. The molecule has 0 spiro atoms. The van der Waals surface area contributed by atoms with Crippen molar-refractivity contribution in [2.45, 2.75) is 32.9 Å². The molecular formula is C23H26ClN5OS. The lowest BCUT2D eigenvalue weighted by Gasteiger charge is -2.40. The van der Waals surface area contributed by atoms with Gasteiger partial charge in [0.25, 0.3) is 0 Å². The van der Waals surface area contributed by atoms with Gasteiger partial charge in [0, 0.05) is 36.4 Å². The largest absolute Gasteiger partial charge is 0.383 e. The molecule has 3 heterocycles. The van der Waals surface area contributed by atoms with Gasteiger partial charge in [0.2, 0.25) is 5.91 Å². The van der Waals surface area contributed by atoms with Gasteiger partial charge in [-0.3, -0.25) is 9.69 Å². The molecule has 1 atom stereocenters. The van der Waals surface area contributed by atoms with Crippen LogP contribution < -0.4 is 5.73 Å².